The molecule has 118 valence electrons. The van der Waals surface area contributed by atoms with Crippen molar-refractivity contribution in [3.63, 3.8) is 0 Å². The summed E-state index contributed by atoms with van der Waals surface area (Å²) < 4.78 is 27.3. The van der Waals surface area contributed by atoms with Crippen LogP contribution >= 0.6 is 23.2 Å². The van der Waals surface area contributed by atoms with E-state index in [4.69, 9.17) is 23.2 Å². The van der Waals surface area contributed by atoms with Crippen LogP contribution in [0, 0.1) is 0 Å². The summed E-state index contributed by atoms with van der Waals surface area (Å²) in [6, 6.07) is 10.7. The molecule has 0 saturated heterocycles. The van der Waals surface area contributed by atoms with Crippen molar-refractivity contribution in [3.05, 3.63) is 52.5 Å². The molecule has 0 aliphatic heterocycles. The number of aromatic amines is 1. The largest absolute Gasteiger partial charge is 0.280 e. The molecule has 1 aromatic heterocycles. The van der Waals surface area contributed by atoms with Crippen LogP contribution in [0.3, 0.4) is 0 Å². The Labute approximate surface area is 141 Å². The summed E-state index contributed by atoms with van der Waals surface area (Å²) in [5.41, 5.74) is 0.964. The minimum Gasteiger partial charge on any atom is -0.280 e. The van der Waals surface area contributed by atoms with Crippen molar-refractivity contribution in [3.8, 4) is 11.4 Å². The summed E-state index contributed by atoms with van der Waals surface area (Å²) >= 11 is 11.7. The van der Waals surface area contributed by atoms with E-state index < -0.39 is 10.0 Å². The molecule has 0 aliphatic rings. The van der Waals surface area contributed by atoms with Gasteiger partial charge in [0, 0.05) is 21.3 Å². The molecule has 0 amide bonds. The van der Waals surface area contributed by atoms with Gasteiger partial charge in [-0.3, -0.25) is 4.72 Å². The summed E-state index contributed by atoms with van der Waals surface area (Å²) in [6.45, 7) is 0. The number of H-pyrrole nitrogens is 1. The van der Waals surface area contributed by atoms with Crippen molar-refractivity contribution in [2.24, 2.45) is 0 Å². The molecule has 0 spiro atoms. The van der Waals surface area contributed by atoms with Crippen molar-refractivity contribution < 1.29 is 8.42 Å². The van der Waals surface area contributed by atoms with Gasteiger partial charge in [0.05, 0.1) is 4.90 Å². The second-order valence-electron chi connectivity index (χ2n) is 4.53. The molecule has 2 aromatic carbocycles. The zero-order chi connectivity index (χ0) is 16.4. The normalized spacial score (nSPS) is 11.4. The fourth-order valence-electron chi connectivity index (χ4n) is 1.90. The first-order chi connectivity index (χ1) is 10.9. The van der Waals surface area contributed by atoms with Crippen LogP contribution in [0.2, 0.25) is 10.0 Å². The highest BCUT2D eigenvalue weighted by Gasteiger charge is 2.16. The van der Waals surface area contributed by atoms with Gasteiger partial charge in [0.15, 0.2) is 0 Å². The molecule has 7 nitrogen and oxygen atoms in total. The summed E-state index contributed by atoms with van der Waals surface area (Å²) in [6.07, 6.45) is 0. The molecule has 1 heterocycles. The fourth-order valence-corrected chi connectivity index (χ4v) is 3.68. The highest BCUT2D eigenvalue weighted by atomic mass is 35.5. The lowest BCUT2D eigenvalue weighted by Gasteiger charge is -2.09. The molecule has 0 fully saturated rings. The van der Waals surface area contributed by atoms with E-state index in [1.54, 1.807) is 24.3 Å². The van der Waals surface area contributed by atoms with E-state index in [-0.39, 0.29) is 14.9 Å². The number of anilines is 1. The third kappa shape index (κ3) is 3.61. The summed E-state index contributed by atoms with van der Waals surface area (Å²) in [5, 5.41) is 14.0. The maximum atomic E-state index is 12.4. The topological polar surface area (TPSA) is 101 Å². The minimum atomic E-state index is -3.83. The number of hydrogen-bond donors (Lipinski definition) is 2. The number of hydrogen-bond acceptors (Lipinski definition) is 5. The van der Waals surface area contributed by atoms with Crippen LogP contribution in [0.15, 0.2) is 47.4 Å². The monoisotopic (exact) mass is 369 g/mol. The second kappa shape index (κ2) is 6.15. The van der Waals surface area contributed by atoms with Crippen molar-refractivity contribution in [2.75, 3.05) is 4.72 Å². The lowest BCUT2D eigenvalue weighted by Crippen LogP contribution is -2.13. The quantitative estimate of drug-likeness (QED) is 0.735. The van der Waals surface area contributed by atoms with Crippen LogP contribution in [-0.4, -0.2) is 29.0 Å². The number of sulfonamides is 1. The van der Waals surface area contributed by atoms with Crippen LogP contribution in [0.1, 0.15) is 0 Å². The van der Waals surface area contributed by atoms with Crippen LogP contribution in [0.5, 0.6) is 0 Å². The third-order valence-corrected chi connectivity index (χ3v) is 4.66. The Bertz CT molecular complexity index is 925. The summed E-state index contributed by atoms with van der Waals surface area (Å²) in [5.74, 6) is 0.358. The zero-order valence-corrected chi connectivity index (χ0v) is 13.7. The third-order valence-electron chi connectivity index (χ3n) is 2.86. The van der Waals surface area contributed by atoms with Gasteiger partial charge in [-0.05, 0) is 35.5 Å². The number of nitrogens with one attached hydrogen (secondary N) is 2. The molecule has 10 heteroatoms. The molecule has 2 N–H and O–H groups in total. The van der Waals surface area contributed by atoms with Gasteiger partial charge in [-0.2, -0.15) is 5.21 Å². The van der Waals surface area contributed by atoms with Crippen molar-refractivity contribution in [1.29, 1.82) is 0 Å². The number of benzene rings is 2. The maximum Gasteiger partial charge on any atom is 0.261 e. The van der Waals surface area contributed by atoms with Gasteiger partial charge in [-0.15, -0.1) is 10.2 Å². The SMILES string of the molecule is O=S(=O)(Nc1cccc(-c2nn[nH]n2)c1)c1cc(Cl)cc(Cl)c1. The van der Waals surface area contributed by atoms with Crippen LogP contribution in [0.4, 0.5) is 5.69 Å². The Morgan fingerprint density at radius 3 is 2.43 bits per heavy atom. The van der Waals surface area contributed by atoms with Crippen LogP contribution in [0.25, 0.3) is 11.4 Å². The Hall–Kier alpha value is -2.16. The Kier molecular flexibility index (Phi) is 4.20. The van der Waals surface area contributed by atoms with Gasteiger partial charge in [-0.1, -0.05) is 35.3 Å². The Balaban J connectivity index is 1.93. The van der Waals surface area contributed by atoms with E-state index in [1.807, 2.05) is 0 Å². The average Bonchev–Trinajstić information content (AvgIpc) is 3.00. The molecule has 23 heavy (non-hydrogen) atoms. The zero-order valence-electron chi connectivity index (χ0n) is 11.4. The van der Waals surface area contributed by atoms with E-state index in [0.29, 0.717) is 17.1 Å². The highest BCUT2D eigenvalue weighted by molar-refractivity contribution is 7.92. The second-order valence-corrected chi connectivity index (χ2v) is 7.08. The van der Waals surface area contributed by atoms with E-state index >= 15 is 0 Å². The number of nitrogens with zero attached hydrogens (tertiary/aromatic N) is 3. The molecule has 0 unspecified atom stereocenters. The van der Waals surface area contributed by atoms with E-state index in [0.717, 1.165) is 0 Å². The predicted octanol–water partition coefficient (Wildman–Crippen LogP) is 2.97. The Morgan fingerprint density at radius 1 is 1.04 bits per heavy atom. The summed E-state index contributed by atoms with van der Waals surface area (Å²) in [4.78, 5) is -0.0278. The number of aromatic nitrogens is 4. The number of halogens is 2. The molecule has 0 atom stereocenters. The summed E-state index contributed by atoms with van der Waals surface area (Å²) in [7, 11) is -3.83. The molecule has 0 aliphatic carbocycles. The fraction of sp³-hybridized carbons (Fsp3) is 0. The maximum absolute atomic E-state index is 12.4. The first-order valence-corrected chi connectivity index (χ1v) is 8.51. The molecule has 3 aromatic rings. The van der Waals surface area contributed by atoms with Gasteiger partial charge in [-0.25, -0.2) is 8.42 Å². The highest BCUT2D eigenvalue weighted by Crippen LogP contribution is 2.25. The molecule has 0 saturated carbocycles. The van der Waals surface area contributed by atoms with Gasteiger partial charge < -0.3 is 0 Å². The van der Waals surface area contributed by atoms with E-state index in [1.165, 1.54) is 18.2 Å². The molecule has 3 rings (SSSR count). The van der Waals surface area contributed by atoms with Crippen LogP contribution < -0.4 is 4.72 Å². The van der Waals surface area contributed by atoms with E-state index in [2.05, 4.69) is 25.3 Å². The first-order valence-electron chi connectivity index (χ1n) is 6.27. The van der Waals surface area contributed by atoms with Crippen molar-refractivity contribution >= 4 is 38.9 Å². The lowest BCUT2D eigenvalue weighted by molar-refractivity contribution is 0.601. The average molecular weight is 370 g/mol. The van der Waals surface area contributed by atoms with Gasteiger partial charge in [0.25, 0.3) is 10.0 Å². The smallest absolute Gasteiger partial charge is 0.261 e. The number of tetrazole rings is 1. The number of rotatable bonds is 4. The van der Waals surface area contributed by atoms with Gasteiger partial charge in [0.2, 0.25) is 5.82 Å². The van der Waals surface area contributed by atoms with Gasteiger partial charge >= 0.3 is 0 Å². The molecular formula is C13H9Cl2N5O2S. The molecule has 0 bridgehead atoms. The van der Waals surface area contributed by atoms with Crippen molar-refractivity contribution in [1.82, 2.24) is 20.6 Å². The minimum absolute atomic E-state index is 0.0278. The van der Waals surface area contributed by atoms with Crippen LogP contribution in [-0.2, 0) is 10.0 Å². The Morgan fingerprint density at radius 2 is 1.78 bits per heavy atom. The predicted molar refractivity (Wildman–Crippen MR) is 86.9 cm³/mol. The van der Waals surface area contributed by atoms with Gasteiger partial charge in [0.1, 0.15) is 0 Å². The standard InChI is InChI=1S/C13H9Cl2N5O2S/c14-9-5-10(15)7-12(6-9)23(21,22)18-11-3-1-2-8(4-11)13-16-19-20-17-13/h1-7,18H,(H,16,17,19,20). The molecular weight excluding hydrogens is 361 g/mol. The van der Waals surface area contributed by atoms with Crippen molar-refractivity contribution in [2.45, 2.75) is 4.90 Å². The first kappa shape index (κ1) is 15.7. The molecule has 0 radical (unpaired) electrons. The van der Waals surface area contributed by atoms with E-state index in [9.17, 15) is 8.42 Å². The lowest BCUT2D eigenvalue weighted by atomic mass is 10.2.